The average Bonchev–Trinajstić information content (AvgIpc) is 3.03. The standard InChI is InChI=1S/C19H15N5O3/c1-24-10-14(11-6-4-5-9-15(11)24)18(26)22-23-19(27)16-12-7-2-3-8-13(12)17(25)21-20-16/h2-10H,1H3,(H,21,25)(H,22,26)(H,23,27). The number of aromatic nitrogens is 3. The molecule has 0 aliphatic rings. The summed E-state index contributed by atoms with van der Waals surface area (Å²) in [7, 11) is 1.84. The largest absolute Gasteiger partial charge is 0.350 e. The van der Waals surface area contributed by atoms with Crippen LogP contribution in [-0.4, -0.2) is 26.6 Å². The Morgan fingerprint density at radius 2 is 1.56 bits per heavy atom. The predicted octanol–water partition coefficient (Wildman–Crippen LogP) is 1.49. The first-order valence-electron chi connectivity index (χ1n) is 8.18. The Kier molecular flexibility index (Phi) is 3.92. The molecule has 0 fully saturated rings. The zero-order valence-electron chi connectivity index (χ0n) is 14.3. The molecule has 2 aromatic carbocycles. The fourth-order valence-electron chi connectivity index (χ4n) is 3.05. The molecule has 0 saturated heterocycles. The molecule has 4 aromatic rings. The van der Waals surface area contributed by atoms with E-state index in [9.17, 15) is 14.4 Å². The number of carbonyl (C=O) groups is 2. The molecule has 0 bridgehead atoms. The molecule has 8 nitrogen and oxygen atoms in total. The first-order chi connectivity index (χ1) is 13.1. The number of hydrazine groups is 1. The number of nitrogens with zero attached hydrogens (tertiary/aromatic N) is 2. The van der Waals surface area contributed by atoms with Crippen LogP contribution in [0.5, 0.6) is 0 Å². The molecule has 0 aliphatic heterocycles. The molecule has 3 N–H and O–H groups in total. The molecule has 0 spiro atoms. The van der Waals surface area contributed by atoms with E-state index in [1.54, 1.807) is 30.5 Å². The van der Waals surface area contributed by atoms with Crippen LogP contribution < -0.4 is 16.4 Å². The summed E-state index contributed by atoms with van der Waals surface area (Å²) >= 11 is 0. The van der Waals surface area contributed by atoms with Crippen LogP contribution in [0.1, 0.15) is 20.8 Å². The molecule has 2 amide bonds. The number of H-pyrrole nitrogens is 1. The van der Waals surface area contributed by atoms with Gasteiger partial charge in [0, 0.05) is 29.5 Å². The van der Waals surface area contributed by atoms with Crippen molar-refractivity contribution in [2.45, 2.75) is 0 Å². The second-order valence-corrected chi connectivity index (χ2v) is 6.03. The average molecular weight is 361 g/mol. The normalized spacial score (nSPS) is 10.9. The van der Waals surface area contributed by atoms with Gasteiger partial charge < -0.3 is 4.57 Å². The zero-order chi connectivity index (χ0) is 19.0. The molecule has 0 atom stereocenters. The number of nitrogens with one attached hydrogen (secondary N) is 3. The maximum atomic E-state index is 12.5. The molecule has 2 heterocycles. The molecule has 8 heteroatoms. The van der Waals surface area contributed by atoms with Crippen molar-refractivity contribution in [3.63, 3.8) is 0 Å². The van der Waals surface area contributed by atoms with Crippen molar-refractivity contribution in [3.8, 4) is 0 Å². The molecule has 0 unspecified atom stereocenters. The van der Waals surface area contributed by atoms with E-state index in [0.717, 1.165) is 10.9 Å². The van der Waals surface area contributed by atoms with Gasteiger partial charge in [0.05, 0.1) is 10.9 Å². The first kappa shape index (κ1) is 16.5. The molecule has 2 aromatic heterocycles. The van der Waals surface area contributed by atoms with Gasteiger partial charge in [-0.2, -0.15) is 5.10 Å². The smallest absolute Gasteiger partial charge is 0.290 e. The molecule has 134 valence electrons. The predicted molar refractivity (Wildman–Crippen MR) is 100 cm³/mol. The molecule has 27 heavy (non-hydrogen) atoms. The highest BCUT2D eigenvalue weighted by Crippen LogP contribution is 2.20. The van der Waals surface area contributed by atoms with Crippen LogP contribution in [0.25, 0.3) is 21.7 Å². The van der Waals surface area contributed by atoms with Gasteiger partial charge in [-0.25, -0.2) is 5.10 Å². The quantitative estimate of drug-likeness (QED) is 0.470. The Labute approximate surface area is 152 Å². The highest BCUT2D eigenvalue weighted by atomic mass is 16.2. The minimum atomic E-state index is -0.629. The third-order valence-corrected chi connectivity index (χ3v) is 4.34. The fourth-order valence-corrected chi connectivity index (χ4v) is 3.05. The third-order valence-electron chi connectivity index (χ3n) is 4.34. The van der Waals surface area contributed by atoms with Gasteiger partial charge in [-0.15, -0.1) is 0 Å². The Balaban J connectivity index is 1.59. The van der Waals surface area contributed by atoms with E-state index in [2.05, 4.69) is 21.0 Å². The Morgan fingerprint density at radius 3 is 2.33 bits per heavy atom. The zero-order valence-corrected chi connectivity index (χ0v) is 14.3. The Hall–Kier alpha value is -3.94. The number of carbonyl (C=O) groups excluding carboxylic acids is 2. The number of fused-ring (bicyclic) bond motifs is 2. The highest BCUT2D eigenvalue weighted by Gasteiger charge is 2.17. The number of benzene rings is 2. The second-order valence-electron chi connectivity index (χ2n) is 6.03. The van der Waals surface area contributed by atoms with Crippen LogP contribution >= 0.6 is 0 Å². The van der Waals surface area contributed by atoms with Gasteiger partial charge in [0.2, 0.25) is 0 Å². The van der Waals surface area contributed by atoms with Crippen LogP contribution in [0.2, 0.25) is 0 Å². The van der Waals surface area contributed by atoms with Crippen molar-refractivity contribution in [2.75, 3.05) is 0 Å². The van der Waals surface area contributed by atoms with Crippen LogP contribution in [0, 0.1) is 0 Å². The highest BCUT2D eigenvalue weighted by molar-refractivity contribution is 6.09. The van der Waals surface area contributed by atoms with E-state index in [1.807, 2.05) is 35.9 Å². The van der Waals surface area contributed by atoms with E-state index in [1.165, 1.54) is 0 Å². The second kappa shape index (κ2) is 6.41. The minimum absolute atomic E-state index is 0.0171. The van der Waals surface area contributed by atoms with Crippen molar-refractivity contribution in [1.29, 1.82) is 0 Å². The third kappa shape index (κ3) is 2.82. The van der Waals surface area contributed by atoms with Gasteiger partial charge in [-0.05, 0) is 12.1 Å². The van der Waals surface area contributed by atoms with Crippen molar-refractivity contribution in [3.05, 3.63) is 76.3 Å². The SMILES string of the molecule is Cn1cc(C(=O)NNC(=O)c2n[nH]c(=O)c3ccccc23)c2ccccc21. The lowest BCUT2D eigenvalue weighted by molar-refractivity contribution is 0.0845. The maximum Gasteiger partial charge on any atom is 0.290 e. The number of para-hydroxylation sites is 1. The monoisotopic (exact) mass is 361 g/mol. The number of rotatable bonds is 2. The topological polar surface area (TPSA) is 109 Å². The molecule has 0 radical (unpaired) electrons. The molecule has 0 aliphatic carbocycles. The summed E-state index contributed by atoms with van der Waals surface area (Å²) in [6, 6.07) is 14.1. The maximum absolute atomic E-state index is 12.5. The van der Waals surface area contributed by atoms with Crippen molar-refractivity contribution in [2.24, 2.45) is 7.05 Å². The Morgan fingerprint density at radius 1 is 0.926 bits per heavy atom. The summed E-state index contributed by atoms with van der Waals surface area (Å²) in [5.41, 5.74) is 5.72. The number of aromatic amines is 1. The molecular formula is C19H15N5O3. The van der Waals surface area contributed by atoms with Crippen LogP contribution in [0.15, 0.2) is 59.5 Å². The van der Waals surface area contributed by atoms with E-state index < -0.39 is 11.8 Å². The summed E-state index contributed by atoms with van der Waals surface area (Å²) in [6.07, 6.45) is 1.69. The van der Waals surface area contributed by atoms with E-state index in [4.69, 9.17) is 0 Å². The van der Waals surface area contributed by atoms with Crippen LogP contribution in [-0.2, 0) is 7.05 Å². The van der Waals surface area contributed by atoms with Gasteiger partial charge in [0.15, 0.2) is 5.69 Å². The number of hydrogen-bond donors (Lipinski definition) is 3. The van der Waals surface area contributed by atoms with Gasteiger partial charge in [0.1, 0.15) is 0 Å². The molecule has 0 saturated carbocycles. The summed E-state index contributed by atoms with van der Waals surface area (Å²) in [5.74, 6) is -1.08. The molecule has 4 rings (SSSR count). The lowest BCUT2D eigenvalue weighted by Gasteiger charge is -2.08. The fraction of sp³-hybridized carbons (Fsp3) is 0.0526. The lowest BCUT2D eigenvalue weighted by Crippen LogP contribution is -2.42. The summed E-state index contributed by atoms with van der Waals surface area (Å²) in [4.78, 5) is 36.8. The van der Waals surface area contributed by atoms with Crippen molar-refractivity contribution < 1.29 is 9.59 Å². The number of hydrogen-bond acceptors (Lipinski definition) is 4. The van der Waals surface area contributed by atoms with Gasteiger partial charge in [-0.1, -0.05) is 36.4 Å². The van der Waals surface area contributed by atoms with Crippen LogP contribution in [0.3, 0.4) is 0 Å². The summed E-state index contributed by atoms with van der Waals surface area (Å²) < 4.78 is 1.84. The summed E-state index contributed by atoms with van der Waals surface area (Å²) in [6.45, 7) is 0. The van der Waals surface area contributed by atoms with E-state index in [0.29, 0.717) is 16.3 Å². The summed E-state index contributed by atoms with van der Waals surface area (Å²) in [5, 5.41) is 7.62. The van der Waals surface area contributed by atoms with Crippen molar-refractivity contribution in [1.82, 2.24) is 25.6 Å². The minimum Gasteiger partial charge on any atom is -0.350 e. The van der Waals surface area contributed by atoms with E-state index >= 15 is 0 Å². The van der Waals surface area contributed by atoms with Crippen molar-refractivity contribution >= 4 is 33.5 Å². The molecular weight excluding hydrogens is 346 g/mol. The Bertz CT molecular complexity index is 1260. The lowest BCUT2D eigenvalue weighted by atomic mass is 10.1. The van der Waals surface area contributed by atoms with Gasteiger partial charge >= 0.3 is 0 Å². The van der Waals surface area contributed by atoms with E-state index in [-0.39, 0.29) is 11.3 Å². The van der Waals surface area contributed by atoms with Gasteiger partial charge in [-0.3, -0.25) is 25.2 Å². The number of amides is 2. The number of aryl methyl sites for hydroxylation is 1. The first-order valence-corrected chi connectivity index (χ1v) is 8.18. The van der Waals surface area contributed by atoms with Crippen LogP contribution in [0.4, 0.5) is 0 Å². The van der Waals surface area contributed by atoms with Gasteiger partial charge in [0.25, 0.3) is 17.4 Å².